The Morgan fingerprint density at radius 3 is 1.53 bits per heavy atom. The van der Waals surface area contributed by atoms with E-state index in [9.17, 15) is 14.7 Å². The van der Waals surface area contributed by atoms with E-state index in [0.717, 1.165) is 0 Å². The highest BCUT2D eigenvalue weighted by molar-refractivity contribution is 6.26. The number of Topliss-reactive ketones (excluding diaryl/α,β-unsaturated/α-hetero) is 1. The standard InChI is InChI=1S/C27H58O7Si4/c1-14-15-17(2)21(27(8,9)24(33-37-12)34-38-13)18(3)22(30)25(4,5)19(16-20(28)29)26(6,7)23(31-35-10)32-36-11/h14-15,17-19,21,23-24H,16,35-38H2,1-13H3,(H,28,29)/b15-14+/t17-,18+,19+,21-/m0/s1. The minimum Gasteiger partial charge on any atom is -0.481 e. The summed E-state index contributed by atoms with van der Waals surface area (Å²) in [6.45, 7) is 26.6. The predicted octanol–water partition coefficient (Wildman–Crippen LogP) is 3.44. The minimum atomic E-state index is -0.933. The predicted molar refractivity (Wildman–Crippen MR) is 168 cm³/mol. The molecule has 0 aliphatic rings. The number of aliphatic carboxylic acids is 1. The molecule has 0 saturated carbocycles. The van der Waals surface area contributed by atoms with E-state index in [0.29, 0.717) is 0 Å². The minimum absolute atomic E-state index is 0.0636. The number of hydrogen-bond donors (Lipinski definition) is 1. The normalized spacial score (nSPS) is 19.4. The number of allylic oxidation sites excluding steroid dienone is 2. The maximum absolute atomic E-state index is 14.6. The number of carboxylic acid groups (broad SMARTS) is 1. The molecular weight excluding hydrogens is 549 g/mol. The third-order valence-corrected chi connectivity index (χ3v) is 10.7. The SMILES string of the molecule is C/C=C/[C@H](C)[C@@H]([C@@H](C)C(=O)C(C)(C)[C@@H](CC(=O)O)C(C)(C)C(O[SiH2]C)O[SiH2]C)C(C)(C)C(O[SiH2]C)O[SiH2]C. The molecule has 0 aromatic carbocycles. The molecule has 11 heteroatoms. The Morgan fingerprint density at radius 1 is 0.789 bits per heavy atom. The molecule has 0 aliphatic carbocycles. The van der Waals surface area contributed by atoms with Crippen molar-refractivity contribution in [3.05, 3.63) is 12.2 Å². The Morgan fingerprint density at radius 2 is 1.18 bits per heavy atom. The first-order valence-electron chi connectivity index (χ1n) is 14.4. The van der Waals surface area contributed by atoms with Crippen molar-refractivity contribution in [2.45, 2.75) is 108 Å². The first-order valence-corrected chi connectivity index (χ1v) is 22.3. The first kappa shape index (κ1) is 37.6. The highest BCUT2D eigenvalue weighted by atomic mass is 28.2. The Balaban J connectivity index is 6.78. The number of hydrogen-bond acceptors (Lipinski definition) is 6. The van der Waals surface area contributed by atoms with Gasteiger partial charge in [-0.15, -0.1) is 0 Å². The zero-order chi connectivity index (χ0) is 29.9. The number of carbonyl (C=O) groups is 2. The summed E-state index contributed by atoms with van der Waals surface area (Å²) in [6, 6.07) is 0. The van der Waals surface area contributed by atoms with Crippen LogP contribution in [0.25, 0.3) is 0 Å². The summed E-state index contributed by atoms with van der Waals surface area (Å²) in [7, 11) is -3.06. The summed E-state index contributed by atoms with van der Waals surface area (Å²) in [4.78, 5) is 26.7. The van der Waals surface area contributed by atoms with Crippen LogP contribution in [0.2, 0.25) is 26.2 Å². The lowest BCUT2D eigenvalue weighted by molar-refractivity contribution is -0.165. The largest absolute Gasteiger partial charge is 0.481 e. The number of carbonyl (C=O) groups excluding carboxylic acids is 1. The van der Waals surface area contributed by atoms with Crippen molar-refractivity contribution >= 4 is 50.8 Å². The summed E-state index contributed by atoms with van der Waals surface area (Å²) in [5.74, 6) is -1.66. The molecule has 0 heterocycles. The van der Waals surface area contributed by atoms with Crippen LogP contribution >= 0.6 is 0 Å². The Kier molecular flexibility index (Phi) is 16.6. The van der Waals surface area contributed by atoms with Crippen molar-refractivity contribution in [3.8, 4) is 0 Å². The van der Waals surface area contributed by atoms with Crippen LogP contribution in [0.1, 0.15) is 68.7 Å². The summed E-state index contributed by atoms with van der Waals surface area (Å²) >= 11 is 0. The van der Waals surface area contributed by atoms with Crippen molar-refractivity contribution < 1.29 is 32.4 Å². The van der Waals surface area contributed by atoms with Crippen molar-refractivity contribution in [3.63, 3.8) is 0 Å². The maximum Gasteiger partial charge on any atom is 0.303 e. The average molecular weight is 607 g/mol. The summed E-state index contributed by atoms with van der Waals surface area (Å²) in [6.07, 6.45) is 3.20. The molecule has 0 aliphatic heterocycles. The van der Waals surface area contributed by atoms with Gasteiger partial charge in [-0.1, -0.05) is 93.7 Å². The van der Waals surface area contributed by atoms with Gasteiger partial charge in [0.1, 0.15) is 18.4 Å². The fourth-order valence-corrected chi connectivity index (χ4v) is 10.3. The van der Waals surface area contributed by atoms with Gasteiger partial charge in [0, 0.05) is 28.6 Å². The maximum atomic E-state index is 14.6. The molecule has 1 N–H and O–H groups in total. The van der Waals surface area contributed by atoms with Gasteiger partial charge >= 0.3 is 5.97 Å². The van der Waals surface area contributed by atoms with Crippen LogP contribution in [-0.2, 0) is 27.3 Å². The molecule has 0 aromatic rings. The van der Waals surface area contributed by atoms with Gasteiger partial charge in [0.15, 0.2) is 39.1 Å². The molecule has 0 spiro atoms. The second kappa shape index (κ2) is 16.8. The molecule has 0 saturated heterocycles. The van der Waals surface area contributed by atoms with E-state index in [2.05, 4.69) is 39.9 Å². The van der Waals surface area contributed by atoms with Crippen molar-refractivity contribution in [1.29, 1.82) is 0 Å². The van der Waals surface area contributed by atoms with Crippen LogP contribution < -0.4 is 0 Å². The molecule has 38 heavy (non-hydrogen) atoms. The van der Waals surface area contributed by atoms with Gasteiger partial charge in [-0.25, -0.2) is 0 Å². The van der Waals surface area contributed by atoms with Crippen LogP contribution in [0.3, 0.4) is 0 Å². The van der Waals surface area contributed by atoms with Gasteiger partial charge < -0.3 is 22.8 Å². The summed E-state index contributed by atoms with van der Waals surface area (Å²) in [5.41, 5.74) is -2.03. The lowest BCUT2D eigenvalue weighted by Gasteiger charge is -2.50. The Hall–Kier alpha value is -0.412. The van der Waals surface area contributed by atoms with E-state index in [1.165, 1.54) is 0 Å². The molecule has 0 rings (SSSR count). The van der Waals surface area contributed by atoms with Crippen molar-refractivity contribution in [1.82, 2.24) is 0 Å². The van der Waals surface area contributed by atoms with Crippen LogP contribution in [0.5, 0.6) is 0 Å². The highest BCUT2D eigenvalue weighted by Crippen LogP contribution is 2.51. The summed E-state index contributed by atoms with van der Waals surface area (Å²) < 4.78 is 24.7. The quantitative estimate of drug-likeness (QED) is 0.129. The third kappa shape index (κ3) is 9.60. The van der Waals surface area contributed by atoms with Crippen LogP contribution in [-0.4, -0.2) is 68.5 Å². The molecule has 0 unspecified atom stereocenters. The van der Waals surface area contributed by atoms with Crippen molar-refractivity contribution in [2.75, 3.05) is 0 Å². The van der Waals surface area contributed by atoms with E-state index in [-0.39, 0.29) is 36.2 Å². The van der Waals surface area contributed by atoms with Crippen LogP contribution in [0, 0.1) is 39.9 Å². The molecule has 0 bridgehead atoms. The van der Waals surface area contributed by atoms with Crippen LogP contribution in [0.4, 0.5) is 0 Å². The van der Waals surface area contributed by atoms with Crippen LogP contribution in [0.15, 0.2) is 12.2 Å². The molecule has 7 nitrogen and oxygen atoms in total. The monoisotopic (exact) mass is 606 g/mol. The van der Waals surface area contributed by atoms with E-state index in [1.807, 2.05) is 60.7 Å². The van der Waals surface area contributed by atoms with E-state index >= 15 is 0 Å². The lowest BCUT2D eigenvalue weighted by atomic mass is 9.56. The number of ketones is 1. The first-order chi connectivity index (χ1) is 17.5. The molecule has 4 atom stereocenters. The summed E-state index contributed by atoms with van der Waals surface area (Å²) in [5, 5.41) is 9.95. The Bertz CT molecular complexity index is 746. The zero-order valence-electron chi connectivity index (χ0n) is 26.6. The lowest BCUT2D eigenvalue weighted by Crippen LogP contribution is -2.54. The smallest absolute Gasteiger partial charge is 0.303 e. The average Bonchev–Trinajstić information content (AvgIpc) is 2.81. The molecule has 0 aromatic heterocycles. The van der Waals surface area contributed by atoms with Gasteiger partial charge in [-0.3, -0.25) is 9.59 Å². The second-order valence-corrected chi connectivity index (χ2v) is 15.7. The van der Waals surface area contributed by atoms with Gasteiger partial charge in [0.2, 0.25) is 0 Å². The molecule has 224 valence electrons. The van der Waals surface area contributed by atoms with Gasteiger partial charge in [0.05, 0.1) is 0 Å². The number of carboxylic acids is 1. The zero-order valence-corrected chi connectivity index (χ0v) is 32.2. The fourth-order valence-electron chi connectivity index (χ4n) is 6.63. The molecular formula is C27H58O7Si4. The second-order valence-electron chi connectivity index (χ2n) is 12.1. The molecule has 0 fully saturated rings. The fraction of sp³-hybridized carbons (Fsp3) is 0.852. The van der Waals surface area contributed by atoms with Crippen molar-refractivity contribution in [2.24, 2.45) is 39.9 Å². The molecule has 0 amide bonds. The van der Waals surface area contributed by atoms with E-state index in [4.69, 9.17) is 17.7 Å². The highest BCUT2D eigenvalue weighted by Gasteiger charge is 2.53. The third-order valence-electron chi connectivity index (χ3n) is 8.14. The molecule has 0 radical (unpaired) electrons. The Labute approximate surface area is 242 Å². The van der Waals surface area contributed by atoms with Gasteiger partial charge in [0.25, 0.3) is 0 Å². The topological polar surface area (TPSA) is 91.3 Å². The van der Waals surface area contributed by atoms with E-state index in [1.54, 1.807) is 0 Å². The van der Waals surface area contributed by atoms with E-state index < -0.39 is 73.5 Å². The number of rotatable bonds is 20. The van der Waals surface area contributed by atoms with Gasteiger partial charge in [-0.2, -0.15) is 0 Å². The van der Waals surface area contributed by atoms with Gasteiger partial charge in [-0.05, 0) is 24.7 Å².